The highest BCUT2D eigenvalue weighted by Crippen LogP contribution is 2.25. The molecule has 0 aliphatic rings. The van der Waals surface area contributed by atoms with E-state index >= 15 is 0 Å². The van der Waals surface area contributed by atoms with Crippen LogP contribution in [0.25, 0.3) is 10.9 Å². The Morgan fingerprint density at radius 3 is 2.39 bits per heavy atom. The molecule has 1 heterocycles. The molecular weight excluding hydrogens is 296 g/mol. The van der Waals surface area contributed by atoms with E-state index in [0.717, 1.165) is 5.39 Å². The Labute approximate surface area is 134 Å². The summed E-state index contributed by atoms with van der Waals surface area (Å²) in [4.78, 5) is 23.6. The van der Waals surface area contributed by atoms with Crippen molar-refractivity contribution < 1.29 is 19.4 Å². The van der Waals surface area contributed by atoms with E-state index in [1.54, 1.807) is 33.0 Å². The number of benzene rings is 1. The van der Waals surface area contributed by atoms with Crippen LogP contribution in [0.15, 0.2) is 30.5 Å². The van der Waals surface area contributed by atoms with Crippen molar-refractivity contribution in [3.8, 4) is 0 Å². The lowest BCUT2D eigenvalue weighted by Gasteiger charge is -2.20. The van der Waals surface area contributed by atoms with Crippen molar-refractivity contribution in [1.29, 1.82) is 0 Å². The lowest BCUT2D eigenvalue weighted by atomic mass is 9.94. The number of para-hydroxylation sites is 1. The van der Waals surface area contributed by atoms with E-state index in [0.29, 0.717) is 11.1 Å². The van der Waals surface area contributed by atoms with E-state index in [9.17, 15) is 14.7 Å². The molecule has 0 saturated carbocycles. The monoisotopic (exact) mass is 318 g/mol. The van der Waals surface area contributed by atoms with Gasteiger partial charge in [-0.1, -0.05) is 18.2 Å². The molecule has 0 amide bonds. The first-order chi connectivity index (χ1) is 10.5. The van der Waals surface area contributed by atoms with Gasteiger partial charge in [0.2, 0.25) is 0 Å². The number of aliphatic carboxylic acids is 1. The molecule has 3 N–H and O–H groups in total. The van der Waals surface area contributed by atoms with E-state index in [1.807, 2.05) is 18.2 Å². The summed E-state index contributed by atoms with van der Waals surface area (Å²) < 4.78 is 6.80. The first kappa shape index (κ1) is 17.0. The first-order valence-corrected chi connectivity index (χ1v) is 7.36. The lowest BCUT2D eigenvalue weighted by Crippen LogP contribution is -2.46. The van der Waals surface area contributed by atoms with Gasteiger partial charge in [-0.15, -0.1) is 0 Å². The maximum absolute atomic E-state index is 12.4. The van der Waals surface area contributed by atoms with E-state index in [1.165, 1.54) is 11.5 Å². The average molecular weight is 318 g/mol. The second-order valence-electron chi connectivity index (χ2n) is 6.92. The molecule has 1 aromatic heterocycles. The minimum absolute atomic E-state index is 0.110. The Morgan fingerprint density at radius 2 is 1.83 bits per heavy atom. The van der Waals surface area contributed by atoms with Crippen LogP contribution in [0.4, 0.5) is 4.79 Å². The van der Waals surface area contributed by atoms with Gasteiger partial charge < -0.3 is 15.6 Å². The molecule has 6 nitrogen and oxygen atoms in total. The maximum Gasteiger partial charge on any atom is 0.419 e. The number of nitrogens with two attached hydrogens (primary N) is 1. The van der Waals surface area contributed by atoms with Gasteiger partial charge in [-0.3, -0.25) is 9.36 Å². The fourth-order valence-electron chi connectivity index (χ4n) is 2.32. The van der Waals surface area contributed by atoms with Gasteiger partial charge in [0.05, 0.1) is 5.52 Å². The molecule has 0 aliphatic heterocycles. The largest absolute Gasteiger partial charge is 0.480 e. The summed E-state index contributed by atoms with van der Waals surface area (Å²) in [6.45, 7) is 6.82. The number of nitrogens with zero attached hydrogens (tertiary/aromatic N) is 1. The molecule has 0 saturated heterocycles. The Morgan fingerprint density at radius 1 is 1.22 bits per heavy atom. The Bertz CT molecular complexity index is 754. The predicted octanol–water partition coefficient (Wildman–Crippen LogP) is 2.77. The zero-order chi connectivity index (χ0) is 17.4. The molecule has 0 fully saturated rings. The van der Waals surface area contributed by atoms with Gasteiger partial charge >= 0.3 is 12.1 Å². The molecule has 23 heavy (non-hydrogen) atoms. The van der Waals surface area contributed by atoms with Crippen LogP contribution in [-0.4, -0.2) is 32.9 Å². The summed E-state index contributed by atoms with van der Waals surface area (Å²) >= 11 is 0. The van der Waals surface area contributed by atoms with Crippen LogP contribution < -0.4 is 5.73 Å². The van der Waals surface area contributed by atoms with Crippen LogP contribution in [-0.2, 0) is 16.0 Å². The Kier molecular flexibility index (Phi) is 4.22. The summed E-state index contributed by atoms with van der Waals surface area (Å²) in [5, 5.41) is 10.0. The number of carboxylic acid groups (broad SMARTS) is 1. The predicted molar refractivity (Wildman–Crippen MR) is 87.5 cm³/mol. The highest BCUT2D eigenvalue weighted by molar-refractivity contribution is 5.92. The van der Waals surface area contributed by atoms with E-state index in [-0.39, 0.29) is 6.42 Å². The van der Waals surface area contributed by atoms with Crippen LogP contribution in [0.1, 0.15) is 33.3 Å². The molecule has 0 spiro atoms. The second kappa shape index (κ2) is 5.70. The number of carbonyl (C=O) groups excluding carboxylic acids is 1. The normalized spacial score (nSPS) is 14.5. The van der Waals surface area contributed by atoms with Gasteiger partial charge in [0.1, 0.15) is 11.1 Å². The molecule has 0 unspecified atom stereocenters. The molecule has 0 aliphatic carbocycles. The third-order valence-corrected chi connectivity index (χ3v) is 3.43. The van der Waals surface area contributed by atoms with Gasteiger partial charge in [0, 0.05) is 18.0 Å². The number of rotatable bonds is 3. The molecule has 2 aromatic rings. The van der Waals surface area contributed by atoms with Crippen LogP contribution in [0.5, 0.6) is 0 Å². The maximum atomic E-state index is 12.4. The SMILES string of the molecule is CC(C)(C)OC(=O)n1cc(C[C@@](C)(N)C(=O)O)c2ccccc21. The molecule has 6 heteroatoms. The molecule has 0 bridgehead atoms. The second-order valence-corrected chi connectivity index (χ2v) is 6.92. The van der Waals surface area contributed by atoms with Crippen LogP contribution in [0.2, 0.25) is 0 Å². The number of carboxylic acids is 1. The highest BCUT2D eigenvalue weighted by atomic mass is 16.6. The number of fused-ring (bicyclic) bond motifs is 1. The molecule has 1 atom stereocenters. The van der Waals surface area contributed by atoms with Gasteiger partial charge in [-0.05, 0) is 39.3 Å². The number of aromatic nitrogens is 1. The number of hydrogen-bond acceptors (Lipinski definition) is 4. The number of carbonyl (C=O) groups is 2. The zero-order valence-electron chi connectivity index (χ0n) is 13.8. The van der Waals surface area contributed by atoms with Gasteiger partial charge in [-0.25, -0.2) is 4.79 Å². The van der Waals surface area contributed by atoms with Gasteiger partial charge in [0.15, 0.2) is 0 Å². The highest BCUT2D eigenvalue weighted by Gasteiger charge is 2.30. The number of ether oxygens (including phenoxy) is 1. The van der Waals surface area contributed by atoms with E-state index in [4.69, 9.17) is 10.5 Å². The molecule has 0 radical (unpaired) electrons. The number of hydrogen-bond donors (Lipinski definition) is 2. The van der Waals surface area contributed by atoms with Crippen LogP contribution >= 0.6 is 0 Å². The third kappa shape index (κ3) is 3.71. The Hall–Kier alpha value is -2.34. The van der Waals surface area contributed by atoms with Crippen molar-refractivity contribution >= 4 is 23.0 Å². The van der Waals surface area contributed by atoms with E-state index < -0.39 is 23.2 Å². The Balaban J connectivity index is 2.49. The summed E-state index contributed by atoms with van der Waals surface area (Å²) in [6.07, 6.45) is 1.21. The summed E-state index contributed by atoms with van der Waals surface area (Å²) in [5.74, 6) is -1.09. The van der Waals surface area contributed by atoms with Gasteiger partial charge in [-0.2, -0.15) is 0 Å². The zero-order valence-corrected chi connectivity index (χ0v) is 13.8. The molecule has 124 valence electrons. The standard InChI is InChI=1S/C17H22N2O4/c1-16(2,3)23-15(22)19-10-11(9-17(4,18)14(20)21)12-7-5-6-8-13(12)19/h5-8,10H,9,18H2,1-4H3,(H,20,21)/t17-/m1/s1. The van der Waals surface area contributed by atoms with Crippen LogP contribution in [0, 0.1) is 0 Å². The fourth-order valence-corrected chi connectivity index (χ4v) is 2.32. The van der Waals surface area contributed by atoms with Crippen LogP contribution in [0.3, 0.4) is 0 Å². The summed E-state index contributed by atoms with van der Waals surface area (Å²) in [6, 6.07) is 7.27. The first-order valence-electron chi connectivity index (χ1n) is 7.36. The minimum Gasteiger partial charge on any atom is -0.480 e. The average Bonchev–Trinajstić information content (AvgIpc) is 2.75. The van der Waals surface area contributed by atoms with Crippen molar-refractivity contribution in [3.05, 3.63) is 36.0 Å². The molecule has 1 aromatic carbocycles. The molecule has 2 rings (SSSR count). The summed E-state index contributed by atoms with van der Waals surface area (Å²) in [7, 11) is 0. The smallest absolute Gasteiger partial charge is 0.419 e. The van der Waals surface area contributed by atoms with Gasteiger partial charge in [0.25, 0.3) is 0 Å². The minimum atomic E-state index is -1.41. The fraction of sp³-hybridized carbons (Fsp3) is 0.412. The van der Waals surface area contributed by atoms with Crippen molar-refractivity contribution in [2.75, 3.05) is 0 Å². The quantitative estimate of drug-likeness (QED) is 0.907. The van der Waals surface area contributed by atoms with Crippen molar-refractivity contribution in [2.45, 2.75) is 45.3 Å². The van der Waals surface area contributed by atoms with Crippen molar-refractivity contribution in [2.24, 2.45) is 5.73 Å². The molecular formula is C17H22N2O4. The topological polar surface area (TPSA) is 94.5 Å². The third-order valence-electron chi connectivity index (χ3n) is 3.43. The van der Waals surface area contributed by atoms with E-state index in [2.05, 4.69) is 0 Å². The van der Waals surface area contributed by atoms with Crippen molar-refractivity contribution in [3.63, 3.8) is 0 Å². The lowest BCUT2D eigenvalue weighted by molar-refractivity contribution is -0.142. The van der Waals surface area contributed by atoms with Crippen molar-refractivity contribution in [1.82, 2.24) is 4.57 Å². The summed E-state index contributed by atoms with van der Waals surface area (Å²) in [5.41, 5.74) is 5.17.